The first kappa shape index (κ1) is 14.5. The van der Waals surface area contributed by atoms with Crippen LogP contribution in [-0.4, -0.2) is 36.6 Å². The maximum atomic E-state index is 11.9. The zero-order valence-electron chi connectivity index (χ0n) is 11.7. The Morgan fingerprint density at radius 1 is 1.25 bits per heavy atom. The Morgan fingerprint density at radius 2 is 1.90 bits per heavy atom. The molecule has 0 radical (unpaired) electrons. The van der Waals surface area contributed by atoms with Crippen molar-refractivity contribution in [2.45, 2.75) is 11.4 Å². The fourth-order valence-electron chi connectivity index (χ4n) is 1.72. The largest absolute Gasteiger partial charge is 0.381 e. The van der Waals surface area contributed by atoms with Crippen LogP contribution in [0.2, 0.25) is 0 Å². The molecule has 1 aromatic heterocycles. The minimum atomic E-state index is -3.37. The number of benzene rings is 1. The average molecular weight is 294 g/mol. The molecule has 0 aliphatic rings. The molecule has 2 aromatic rings. The van der Waals surface area contributed by atoms with Crippen LogP contribution < -0.4 is 5.32 Å². The number of rotatable bonds is 5. The molecule has 0 amide bonds. The molecule has 0 aliphatic carbocycles. The van der Waals surface area contributed by atoms with Crippen molar-refractivity contribution in [3.8, 4) is 0 Å². The smallest absolute Gasteiger partial charge is 0.242 e. The zero-order valence-corrected chi connectivity index (χ0v) is 12.6. The van der Waals surface area contributed by atoms with Crippen LogP contribution in [0.25, 0.3) is 0 Å². The standard InChI is InChI=1S/C13H18N4O2S/c1-16(2)20(18,19)13-6-4-12(5-7-13)14-8-11-9-15-17(3)10-11/h4-7,9-10,14H,8H2,1-3H3. The lowest BCUT2D eigenvalue weighted by Crippen LogP contribution is -2.22. The molecular weight excluding hydrogens is 276 g/mol. The lowest BCUT2D eigenvalue weighted by Gasteiger charge is -2.12. The van der Waals surface area contributed by atoms with E-state index in [0.29, 0.717) is 6.54 Å². The number of sulfonamides is 1. The molecule has 0 saturated carbocycles. The first-order valence-electron chi connectivity index (χ1n) is 6.13. The second-order valence-electron chi connectivity index (χ2n) is 4.69. The van der Waals surface area contributed by atoms with Crippen molar-refractivity contribution < 1.29 is 8.42 Å². The van der Waals surface area contributed by atoms with E-state index in [1.165, 1.54) is 18.4 Å². The number of hydrogen-bond acceptors (Lipinski definition) is 4. The van der Waals surface area contributed by atoms with Gasteiger partial charge in [-0.1, -0.05) is 0 Å². The number of hydrogen-bond donors (Lipinski definition) is 1. The van der Waals surface area contributed by atoms with Crippen molar-refractivity contribution >= 4 is 15.7 Å². The van der Waals surface area contributed by atoms with Crippen LogP contribution in [-0.2, 0) is 23.6 Å². The Bertz CT molecular complexity index is 675. The molecule has 6 nitrogen and oxygen atoms in total. The number of anilines is 1. The molecule has 0 aliphatic heterocycles. The highest BCUT2D eigenvalue weighted by atomic mass is 32.2. The molecule has 1 aromatic carbocycles. The van der Waals surface area contributed by atoms with Crippen LogP contribution in [0.15, 0.2) is 41.6 Å². The van der Waals surface area contributed by atoms with Crippen molar-refractivity contribution in [2.75, 3.05) is 19.4 Å². The maximum absolute atomic E-state index is 11.9. The lowest BCUT2D eigenvalue weighted by molar-refractivity contribution is 0.521. The van der Waals surface area contributed by atoms with Crippen molar-refractivity contribution in [1.29, 1.82) is 0 Å². The van der Waals surface area contributed by atoms with Gasteiger partial charge in [-0.15, -0.1) is 0 Å². The molecule has 2 rings (SSSR count). The van der Waals surface area contributed by atoms with Gasteiger partial charge in [0.1, 0.15) is 0 Å². The summed E-state index contributed by atoms with van der Waals surface area (Å²) in [5, 5.41) is 7.31. The summed E-state index contributed by atoms with van der Waals surface area (Å²) in [5.41, 5.74) is 1.93. The molecule has 0 bridgehead atoms. The average Bonchev–Trinajstić information content (AvgIpc) is 2.82. The van der Waals surface area contributed by atoms with Crippen molar-refractivity contribution in [1.82, 2.24) is 14.1 Å². The van der Waals surface area contributed by atoms with Crippen LogP contribution in [0.1, 0.15) is 5.56 Å². The van der Waals surface area contributed by atoms with E-state index in [1.807, 2.05) is 13.2 Å². The van der Waals surface area contributed by atoms with E-state index >= 15 is 0 Å². The van der Waals surface area contributed by atoms with Crippen LogP contribution in [0.3, 0.4) is 0 Å². The summed E-state index contributed by atoms with van der Waals surface area (Å²) >= 11 is 0. The minimum absolute atomic E-state index is 0.287. The Kier molecular flexibility index (Phi) is 4.10. The summed E-state index contributed by atoms with van der Waals surface area (Å²) in [4.78, 5) is 0.287. The van der Waals surface area contributed by atoms with Gasteiger partial charge < -0.3 is 5.32 Å². The van der Waals surface area contributed by atoms with Gasteiger partial charge in [0.25, 0.3) is 0 Å². The van der Waals surface area contributed by atoms with E-state index in [1.54, 1.807) is 35.1 Å². The Labute approximate surface area is 119 Å². The molecule has 0 fully saturated rings. The lowest BCUT2D eigenvalue weighted by atomic mass is 10.3. The summed E-state index contributed by atoms with van der Waals surface area (Å²) < 4.78 is 26.8. The summed E-state index contributed by atoms with van der Waals surface area (Å²) in [6.07, 6.45) is 3.72. The third-order valence-electron chi connectivity index (χ3n) is 2.89. The van der Waals surface area contributed by atoms with Crippen molar-refractivity contribution in [3.63, 3.8) is 0 Å². The van der Waals surface area contributed by atoms with Gasteiger partial charge in [-0.05, 0) is 24.3 Å². The highest BCUT2D eigenvalue weighted by Crippen LogP contribution is 2.17. The molecule has 7 heteroatoms. The number of nitrogens with zero attached hydrogens (tertiary/aromatic N) is 3. The summed E-state index contributed by atoms with van der Waals surface area (Å²) in [5.74, 6) is 0. The normalized spacial score (nSPS) is 11.8. The summed E-state index contributed by atoms with van der Waals surface area (Å²) in [6, 6.07) is 6.71. The Balaban J connectivity index is 2.05. The van der Waals surface area contributed by atoms with Crippen LogP contribution >= 0.6 is 0 Å². The van der Waals surface area contributed by atoms with Crippen LogP contribution in [0, 0.1) is 0 Å². The number of aromatic nitrogens is 2. The Morgan fingerprint density at radius 3 is 2.40 bits per heavy atom. The van der Waals surface area contributed by atoms with Gasteiger partial charge in [0.05, 0.1) is 11.1 Å². The van der Waals surface area contributed by atoms with Gasteiger partial charge in [-0.2, -0.15) is 5.10 Å². The molecule has 0 unspecified atom stereocenters. The third-order valence-corrected chi connectivity index (χ3v) is 4.72. The van der Waals surface area contributed by atoms with E-state index in [0.717, 1.165) is 11.3 Å². The van der Waals surface area contributed by atoms with Gasteiger partial charge in [0.15, 0.2) is 0 Å². The minimum Gasteiger partial charge on any atom is -0.381 e. The SMILES string of the molecule is CN(C)S(=O)(=O)c1ccc(NCc2cnn(C)c2)cc1. The third kappa shape index (κ3) is 3.17. The van der Waals surface area contributed by atoms with Crippen LogP contribution in [0.5, 0.6) is 0 Å². The molecule has 0 saturated heterocycles. The topological polar surface area (TPSA) is 67.2 Å². The highest BCUT2D eigenvalue weighted by Gasteiger charge is 2.16. The van der Waals surface area contributed by atoms with Crippen molar-refractivity contribution in [3.05, 3.63) is 42.2 Å². The zero-order chi connectivity index (χ0) is 14.8. The van der Waals surface area contributed by atoms with E-state index in [2.05, 4.69) is 10.4 Å². The van der Waals surface area contributed by atoms with Gasteiger partial charge in [-0.25, -0.2) is 12.7 Å². The summed E-state index contributed by atoms with van der Waals surface area (Å²) in [7, 11) is 1.54. The molecule has 20 heavy (non-hydrogen) atoms. The van der Waals surface area contributed by atoms with E-state index in [9.17, 15) is 8.42 Å². The molecule has 0 spiro atoms. The molecule has 108 valence electrons. The van der Waals surface area contributed by atoms with Crippen molar-refractivity contribution in [2.24, 2.45) is 7.05 Å². The predicted octanol–water partition coefficient (Wildman–Crippen LogP) is 1.28. The van der Waals surface area contributed by atoms with E-state index < -0.39 is 10.0 Å². The fraction of sp³-hybridized carbons (Fsp3) is 0.308. The molecule has 1 N–H and O–H groups in total. The maximum Gasteiger partial charge on any atom is 0.242 e. The first-order valence-corrected chi connectivity index (χ1v) is 7.57. The van der Waals surface area contributed by atoms with Gasteiger partial charge in [0.2, 0.25) is 10.0 Å². The molecule has 1 heterocycles. The van der Waals surface area contributed by atoms with Crippen LogP contribution in [0.4, 0.5) is 5.69 Å². The van der Waals surface area contributed by atoms with Gasteiger partial charge >= 0.3 is 0 Å². The highest BCUT2D eigenvalue weighted by molar-refractivity contribution is 7.89. The van der Waals surface area contributed by atoms with Gasteiger partial charge in [-0.3, -0.25) is 4.68 Å². The fourth-order valence-corrected chi connectivity index (χ4v) is 2.62. The molecule has 0 atom stereocenters. The molecular formula is C13H18N4O2S. The monoisotopic (exact) mass is 294 g/mol. The summed E-state index contributed by atoms with van der Waals surface area (Å²) in [6.45, 7) is 0.646. The second kappa shape index (κ2) is 5.64. The first-order chi connectivity index (χ1) is 9.39. The second-order valence-corrected chi connectivity index (χ2v) is 6.84. The number of nitrogens with one attached hydrogen (secondary N) is 1. The Hall–Kier alpha value is -1.86. The quantitative estimate of drug-likeness (QED) is 0.902. The van der Waals surface area contributed by atoms with E-state index in [4.69, 9.17) is 0 Å². The van der Waals surface area contributed by atoms with E-state index in [-0.39, 0.29) is 4.90 Å². The van der Waals surface area contributed by atoms with Gasteiger partial charge in [0, 0.05) is 45.1 Å². The predicted molar refractivity (Wildman–Crippen MR) is 77.8 cm³/mol. The number of aryl methyl sites for hydroxylation is 1.